The lowest BCUT2D eigenvalue weighted by molar-refractivity contribution is -0.0328. The Morgan fingerprint density at radius 1 is 1.18 bits per heavy atom. The molecule has 3 aromatic rings. The average molecular weight is 520 g/mol. The van der Waals surface area contributed by atoms with E-state index in [1.54, 1.807) is 18.2 Å². The van der Waals surface area contributed by atoms with E-state index in [1.165, 1.54) is 28.9 Å². The van der Waals surface area contributed by atoms with Crippen LogP contribution in [0.2, 0.25) is 0 Å². The lowest BCUT2D eigenvalue weighted by atomic mass is 10.1. The van der Waals surface area contributed by atoms with E-state index in [4.69, 9.17) is 0 Å². The Morgan fingerprint density at radius 3 is 2.62 bits per heavy atom. The van der Waals surface area contributed by atoms with E-state index < -0.39 is 40.1 Å². The maximum Gasteiger partial charge on any atom is 0.446 e. The minimum atomic E-state index is -4.42. The third-order valence-corrected chi connectivity index (χ3v) is 7.00. The van der Waals surface area contributed by atoms with Crippen LogP contribution in [0.3, 0.4) is 0 Å². The first-order chi connectivity index (χ1) is 16.0. The van der Waals surface area contributed by atoms with Crippen molar-refractivity contribution in [3.05, 3.63) is 42.6 Å². The molecule has 4 atom stereocenters. The van der Waals surface area contributed by atoms with Gasteiger partial charge in [0.15, 0.2) is 5.65 Å². The number of hydrogen-bond acceptors (Lipinski definition) is 9. The molecule has 4 rings (SSSR count). The molecule has 4 unspecified atom stereocenters. The first-order valence-electron chi connectivity index (χ1n) is 9.87. The Balaban J connectivity index is 1.58. The SMILES string of the molecule is COS(=O)(=O)NC1CC(Nc2ccnc3cc(-c4cccc(SC(F)(F)F)c4)nn23)C(O)C1O. The number of alkyl halides is 3. The predicted octanol–water partition coefficient (Wildman–Crippen LogP) is 1.76. The van der Waals surface area contributed by atoms with Crippen LogP contribution in [0, 0.1) is 0 Å². The number of aliphatic hydroxyl groups is 2. The summed E-state index contributed by atoms with van der Waals surface area (Å²) in [4.78, 5) is 4.22. The molecule has 0 bridgehead atoms. The van der Waals surface area contributed by atoms with Crippen molar-refractivity contribution in [2.24, 2.45) is 0 Å². The molecule has 34 heavy (non-hydrogen) atoms. The number of fused-ring (bicyclic) bond motifs is 1. The van der Waals surface area contributed by atoms with Gasteiger partial charge in [-0.2, -0.15) is 35.9 Å². The van der Waals surface area contributed by atoms with Crippen molar-refractivity contribution in [3.63, 3.8) is 0 Å². The highest BCUT2D eigenvalue weighted by atomic mass is 32.2. The van der Waals surface area contributed by atoms with Gasteiger partial charge in [0.25, 0.3) is 0 Å². The fourth-order valence-corrected chi connectivity index (χ4v) is 5.01. The van der Waals surface area contributed by atoms with Crippen molar-refractivity contribution in [3.8, 4) is 11.3 Å². The Bertz CT molecular complexity index is 1290. The molecule has 0 aliphatic heterocycles. The van der Waals surface area contributed by atoms with Gasteiger partial charge in [0.05, 0.1) is 31.0 Å². The Hall–Kier alpha value is -2.43. The Kier molecular flexibility index (Phi) is 6.76. The van der Waals surface area contributed by atoms with Crippen LogP contribution >= 0.6 is 11.8 Å². The van der Waals surface area contributed by atoms with Crippen LogP contribution in [-0.2, 0) is 14.5 Å². The molecule has 0 radical (unpaired) electrons. The zero-order chi connectivity index (χ0) is 24.7. The predicted molar refractivity (Wildman–Crippen MR) is 117 cm³/mol. The molecule has 1 fully saturated rings. The van der Waals surface area contributed by atoms with Crippen LogP contribution in [0.25, 0.3) is 16.9 Å². The maximum absolute atomic E-state index is 12.7. The normalized spacial score (nSPS) is 23.5. The zero-order valence-electron chi connectivity index (χ0n) is 17.5. The second-order valence-electron chi connectivity index (χ2n) is 7.52. The van der Waals surface area contributed by atoms with Gasteiger partial charge in [-0.3, -0.25) is 4.18 Å². The van der Waals surface area contributed by atoms with E-state index in [9.17, 15) is 31.8 Å². The molecule has 2 heterocycles. The molecular formula is C19H20F3N5O5S2. The number of aliphatic hydroxyl groups excluding tert-OH is 2. The van der Waals surface area contributed by atoms with Crippen molar-refractivity contribution in [1.29, 1.82) is 0 Å². The average Bonchev–Trinajstić information content (AvgIpc) is 3.31. The third kappa shape index (κ3) is 5.45. The first-order valence-corrected chi connectivity index (χ1v) is 12.1. The summed E-state index contributed by atoms with van der Waals surface area (Å²) in [5, 5.41) is 28.1. The lowest BCUT2D eigenvalue weighted by Gasteiger charge is -2.19. The van der Waals surface area contributed by atoms with E-state index in [0.717, 1.165) is 7.11 Å². The van der Waals surface area contributed by atoms with Gasteiger partial charge in [-0.25, -0.2) is 4.98 Å². The maximum atomic E-state index is 12.7. The quantitative estimate of drug-likeness (QED) is 0.344. The van der Waals surface area contributed by atoms with Crippen molar-refractivity contribution in [1.82, 2.24) is 19.3 Å². The fraction of sp³-hybridized carbons (Fsp3) is 0.368. The van der Waals surface area contributed by atoms with Gasteiger partial charge in [0, 0.05) is 22.7 Å². The minimum Gasteiger partial charge on any atom is -0.389 e. The first kappa shape index (κ1) is 24.7. The molecule has 10 nitrogen and oxygen atoms in total. The number of nitrogens with one attached hydrogen (secondary N) is 2. The van der Waals surface area contributed by atoms with E-state index in [-0.39, 0.29) is 23.1 Å². The van der Waals surface area contributed by atoms with Crippen LogP contribution in [0.1, 0.15) is 6.42 Å². The summed E-state index contributed by atoms with van der Waals surface area (Å²) in [5.74, 6) is 0.378. The standard InChI is InChI=1S/C19H20F3N5O5S2/c1-32-34(30,31)26-14-8-13(17(28)18(14)29)24-15-5-6-23-16-9-12(25-27(15)16)10-3-2-4-11(7-10)33-19(20,21)22/h2-7,9,13-14,17-18,24,26,28-29H,8H2,1H3. The highest BCUT2D eigenvalue weighted by molar-refractivity contribution is 8.00. The van der Waals surface area contributed by atoms with Crippen molar-refractivity contribution >= 4 is 33.5 Å². The van der Waals surface area contributed by atoms with Crippen molar-refractivity contribution in [2.45, 2.75) is 41.1 Å². The summed E-state index contributed by atoms with van der Waals surface area (Å²) >= 11 is -0.225. The van der Waals surface area contributed by atoms with Gasteiger partial charge in [-0.15, -0.1) is 0 Å². The van der Waals surface area contributed by atoms with Gasteiger partial charge in [-0.05, 0) is 36.4 Å². The summed E-state index contributed by atoms with van der Waals surface area (Å²) in [6.07, 6.45) is -1.18. The highest BCUT2D eigenvalue weighted by Crippen LogP contribution is 2.38. The van der Waals surface area contributed by atoms with Crippen LogP contribution in [0.5, 0.6) is 0 Å². The second kappa shape index (κ2) is 9.31. The van der Waals surface area contributed by atoms with E-state index >= 15 is 0 Å². The number of benzene rings is 1. The number of nitrogens with zero attached hydrogens (tertiary/aromatic N) is 3. The molecule has 1 aromatic carbocycles. The van der Waals surface area contributed by atoms with Crippen LogP contribution in [0.15, 0.2) is 47.5 Å². The van der Waals surface area contributed by atoms with E-state index in [1.807, 2.05) is 0 Å². The number of halogens is 3. The van der Waals surface area contributed by atoms with E-state index in [0.29, 0.717) is 22.7 Å². The molecule has 1 aliphatic carbocycles. The van der Waals surface area contributed by atoms with Crippen molar-refractivity contribution < 1.29 is 36.0 Å². The zero-order valence-corrected chi connectivity index (χ0v) is 19.1. The smallest absolute Gasteiger partial charge is 0.389 e. The van der Waals surface area contributed by atoms with Crippen LogP contribution in [0.4, 0.5) is 19.0 Å². The van der Waals surface area contributed by atoms with Crippen LogP contribution < -0.4 is 10.0 Å². The highest BCUT2D eigenvalue weighted by Gasteiger charge is 2.43. The number of hydrogen-bond donors (Lipinski definition) is 4. The molecule has 0 spiro atoms. The minimum absolute atomic E-state index is 0.0148. The second-order valence-corrected chi connectivity index (χ2v) is 10.1. The molecule has 1 saturated carbocycles. The number of aromatic nitrogens is 3. The fourth-order valence-electron chi connectivity index (χ4n) is 3.71. The molecule has 4 N–H and O–H groups in total. The lowest BCUT2D eigenvalue weighted by Crippen LogP contribution is -2.43. The van der Waals surface area contributed by atoms with Gasteiger partial charge >= 0.3 is 15.8 Å². The number of anilines is 1. The summed E-state index contributed by atoms with van der Waals surface area (Å²) in [5.41, 5.74) is -3.20. The van der Waals surface area contributed by atoms with Gasteiger partial charge in [0.2, 0.25) is 0 Å². The summed E-state index contributed by atoms with van der Waals surface area (Å²) in [6.45, 7) is 0. The summed E-state index contributed by atoms with van der Waals surface area (Å²) in [7, 11) is -3.11. The van der Waals surface area contributed by atoms with Gasteiger partial charge in [-0.1, -0.05) is 12.1 Å². The van der Waals surface area contributed by atoms with Gasteiger partial charge < -0.3 is 15.5 Å². The summed E-state index contributed by atoms with van der Waals surface area (Å²) in [6, 6.07) is 7.27. The molecule has 2 aromatic heterocycles. The topological polar surface area (TPSA) is 138 Å². The van der Waals surface area contributed by atoms with E-state index in [2.05, 4.69) is 24.3 Å². The third-order valence-electron chi connectivity index (χ3n) is 5.25. The molecule has 15 heteroatoms. The molecular weight excluding hydrogens is 499 g/mol. The van der Waals surface area contributed by atoms with Crippen molar-refractivity contribution in [2.75, 3.05) is 12.4 Å². The molecule has 0 saturated heterocycles. The number of rotatable bonds is 7. The molecule has 0 amide bonds. The molecule has 1 aliphatic rings. The summed E-state index contributed by atoms with van der Waals surface area (Å²) < 4.78 is 69.4. The monoisotopic (exact) mass is 519 g/mol. The molecule has 184 valence electrons. The Labute approximate surface area is 196 Å². The van der Waals surface area contributed by atoms with Crippen LogP contribution in [-0.4, -0.2) is 70.1 Å². The number of thioether (sulfide) groups is 1. The Morgan fingerprint density at radius 2 is 1.91 bits per heavy atom. The van der Waals surface area contributed by atoms with Gasteiger partial charge in [0.1, 0.15) is 11.9 Å². The largest absolute Gasteiger partial charge is 0.446 e.